The number of halogens is 1. The molecule has 2 saturated heterocycles. The standard InChI is InChI=1S/C16H22ClN3O2/c1-2-3-6-22-15(21)16-5-4-11(20-16)8-12(16)10-7-13(18)14(17)19-9-10/h7,9,11-12,20H,2-6,8,18H2,1H3. The minimum absolute atomic E-state index is 0.0486. The van der Waals surface area contributed by atoms with E-state index in [1.807, 2.05) is 6.07 Å². The van der Waals surface area contributed by atoms with Crippen LogP contribution in [0.3, 0.4) is 0 Å². The SMILES string of the molecule is CCCCOC(=O)C12CCC(CC1c1cnc(Cl)c(N)c1)N2. The Morgan fingerprint density at radius 1 is 1.64 bits per heavy atom. The molecular weight excluding hydrogens is 302 g/mol. The van der Waals surface area contributed by atoms with Gasteiger partial charge in [-0.3, -0.25) is 10.1 Å². The molecule has 120 valence electrons. The van der Waals surface area contributed by atoms with Crippen LogP contribution in [-0.4, -0.2) is 29.1 Å². The molecule has 0 amide bonds. The molecule has 0 saturated carbocycles. The Kier molecular flexibility index (Phi) is 4.28. The number of rotatable bonds is 5. The molecule has 2 aliphatic heterocycles. The van der Waals surface area contributed by atoms with Gasteiger partial charge in [-0.15, -0.1) is 0 Å². The first kappa shape index (κ1) is 15.6. The Balaban J connectivity index is 1.84. The first-order chi connectivity index (χ1) is 10.6. The van der Waals surface area contributed by atoms with Crippen molar-refractivity contribution in [2.24, 2.45) is 0 Å². The van der Waals surface area contributed by atoms with Gasteiger partial charge in [0.15, 0.2) is 5.15 Å². The zero-order valence-corrected chi connectivity index (χ0v) is 13.5. The molecule has 0 spiro atoms. The average Bonchev–Trinajstić information content (AvgIpc) is 3.09. The zero-order chi connectivity index (χ0) is 15.7. The van der Waals surface area contributed by atoms with Gasteiger partial charge in [-0.2, -0.15) is 0 Å². The normalized spacial score (nSPS) is 29.7. The van der Waals surface area contributed by atoms with E-state index in [1.165, 1.54) is 0 Å². The van der Waals surface area contributed by atoms with E-state index < -0.39 is 5.54 Å². The van der Waals surface area contributed by atoms with Crippen LogP contribution in [0, 0.1) is 0 Å². The third kappa shape index (κ3) is 2.57. The van der Waals surface area contributed by atoms with Crippen molar-refractivity contribution in [1.82, 2.24) is 10.3 Å². The summed E-state index contributed by atoms with van der Waals surface area (Å²) in [5.41, 5.74) is 6.67. The summed E-state index contributed by atoms with van der Waals surface area (Å²) in [6, 6.07) is 2.20. The van der Waals surface area contributed by atoms with Crippen LogP contribution in [0.25, 0.3) is 0 Å². The molecule has 3 N–H and O–H groups in total. The summed E-state index contributed by atoms with van der Waals surface area (Å²) in [5, 5.41) is 3.78. The molecular formula is C16H22ClN3O2. The van der Waals surface area contributed by atoms with Crippen molar-refractivity contribution >= 4 is 23.3 Å². The van der Waals surface area contributed by atoms with Gasteiger partial charge in [-0.05, 0) is 37.3 Å². The lowest BCUT2D eigenvalue weighted by Gasteiger charge is -2.32. The number of pyridine rings is 1. The summed E-state index contributed by atoms with van der Waals surface area (Å²) in [6.07, 6.45) is 6.35. The number of nitrogens with zero attached hydrogens (tertiary/aromatic N) is 1. The summed E-state index contributed by atoms with van der Waals surface area (Å²) in [4.78, 5) is 16.8. The number of carbonyl (C=O) groups excluding carboxylic acids is 1. The molecule has 2 bridgehead atoms. The summed E-state index contributed by atoms with van der Waals surface area (Å²) in [6.45, 7) is 2.56. The van der Waals surface area contributed by atoms with Crippen molar-refractivity contribution in [3.05, 3.63) is 23.0 Å². The van der Waals surface area contributed by atoms with Gasteiger partial charge in [0.2, 0.25) is 0 Å². The van der Waals surface area contributed by atoms with Crippen LogP contribution in [0.2, 0.25) is 5.15 Å². The number of nitrogens with two attached hydrogens (primary N) is 1. The van der Waals surface area contributed by atoms with E-state index in [-0.39, 0.29) is 11.9 Å². The quantitative estimate of drug-likeness (QED) is 0.495. The summed E-state index contributed by atoms with van der Waals surface area (Å²) >= 11 is 5.90. The molecule has 1 aromatic heterocycles. The smallest absolute Gasteiger partial charge is 0.326 e. The number of hydrogen-bond donors (Lipinski definition) is 2. The molecule has 3 rings (SSSR count). The van der Waals surface area contributed by atoms with Gasteiger partial charge in [-0.25, -0.2) is 4.98 Å². The van der Waals surface area contributed by atoms with E-state index in [0.29, 0.717) is 23.5 Å². The summed E-state index contributed by atoms with van der Waals surface area (Å²) in [5.74, 6) is -0.0908. The van der Waals surface area contributed by atoms with Crippen LogP contribution < -0.4 is 11.1 Å². The maximum atomic E-state index is 12.7. The number of aromatic nitrogens is 1. The summed E-state index contributed by atoms with van der Waals surface area (Å²) in [7, 11) is 0. The van der Waals surface area contributed by atoms with Crippen molar-refractivity contribution < 1.29 is 9.53 Å². The van der Waals surface area contributed by atoms with Crippen molar-refractivity contribution in [2.45, 2.75) is 56.5 Å². The molecule has 2 aliphatic rings. The van der Waals surface area contributed by atoms with E-state index in [0.717, 1.165) is 37.7 Å². The number of carbonyl (C=O) groups is 1. The fraction of sp³-hybridized carbons (Fsp3) is 0.625. The Morgan fingerprint density at radius 2 is 2.45 bits per heavy atom. The number of nitrogen functional groups attached to an aromatic ring is 1. The van der Waals surface area contributed by atoms with Gasteiger partial charge in [-0.1, -0.05) is 24.9 Å². The van der Waals surface area contributed by atoms with E-state index >= 15 is 0 Å². The monoisotopic (exact) mass is 323 g/mol. The second-order valence-corrected chi connectivity index (χ2v) is 6.64. The first-order valence-electron chi connectivity index (χ1n) is 7.92. The van der Waals surface area contributed by atoms with E-state index in [4.69, 9.17) is 22.1 Å². The number of ether oxygens (including phenoxy) is 1. The maximum Gasteiger partial charge on any atom is 0.326 e. The Morgan fingerprint density at radius 3 is 3.14 bits per heavy atom. The van der Waals surface area contributed by atoms with Crippen molar-refractivity contribution in [3.63, 3.8) is 0 Å². The van der Waals surface area contributed by atoms with E-state index in [9.17, 15) is 4.79 Å². The van der Waals surface area contributed by atoms with Gasteiger partial charge in [0, 0.05) is 18.2 Å². The highest BCUT2D eigenvalue weighted by Crippen LogP contribution is 2.49. The maximum absolute atomic E-state index is 12.7. The van der Waals surface area contributed by atoms with Gasteiger partial charge in [0.1, 0.15) is 5.54 Å². The fourth-order valence-corrected chi connectivity index (χ4v) is 3.79. The van der Waals surface area contributed by atoms with Crippen molar-refractivity contribution in [1.29, 1.82) is 0 Å². The van der Waals surface area contributed by atoms with E-state index in [2.05, 4.69) is 17.2 Å². The molecule has 3 unspecified atom stereocenters. The number of fused-ring (bicyclic) bond motifs is 2. The molecule has 1 aromatic rings. The first-order valence-corrected chi connectivity index (χ1v) is 8.30. The number of anilines is 1. The molecule has 6 heteroatoms. The molecule has 2 fully saturated rings. The Hall–Kier alpha value is -1.33. The molecule has 3 atom stereocenters. The molecule has 0 aliphatic carbocycles. The van der Waals surface area contributed by atoms with Crippen molar-refractivity contribution in [3.8, 4) is 0 Å². The van der Waals surface area contributed by atoms with Crippen LogP contribution in [0.5, 0.6) is 0 Å². The molecule has 0 radical (unpaired) electrons. The molecule has 3 heterocycles. The highest BCUT2D eigenvalue weighted by Gasteiger charge is 2.58. The van der Waals surface area contributed by atoms with Crippen LogP contribution in [0.4, 0.5) is 5.69 Å². The predicted molar refractivity (Wildman–Crippen MR) is 85.8 cm³/mol. The number of unbranched alkanes of at least 4 members (excludes halogenated alkanes) is 1. The topological polar surface area (TPSA) is 77.2 Å². The van der Waals surface area contributed by atoms with E-state index in [1.54, 1.807) is 6.20 Å². The third-order valence-electron chi connectivity index (χ3n) is 4.85. The number of hydrogen-bond acceptors (Lipinski definition) is 5. The lowest BCUT2D eigenvalue weighted by Crippen LogP contribution is -2.49. The van der Waals surface area contributed by atoms with Gasteiger partial charge in [0.25, 0.3) is 0 Å². The van der Waals surface area contributed by atoms with Crippen LogP contribution in [-0.2, 0) is 9.53 Å². The predicted octanol–water partition coefficient (Wildman–Crippen LogP) is 2.64. The second kappa shape index (κ2) is 6.05. The Labute approximate surface area is 135 Å². The van der Waals surface area contributed by atoms with Crippen LogP contribution in [0.15, 0.2) is 12.3 Å². The van der Waals surface area contributed by atoms with Gasteiger partial charge < -0.3 is 10.5 Å². The molecule has 22 heavy (non-hydrogen) atoms. The molecule has 0 aromatic carbocycles. The highest BCUT2D eigenvalue weighted by atomic mass is 35.5. The summed E-state index contributed by atoms with van der Waals surface area (Å²) < 4.78 is 5.51. The van der Waals surface area contributed by atoms with Crippen LogP contribution in [0.1, 0.15) is 50.5 Å². The highest BCUT2D eigenvalue weighted by molar-refractivity contribution is 6.31. The third-order valence-corrected chi connectivity index (χ3v) is 5.16. The zero-order valence-electron chi connectivity index (χ0n) is 12.8. The minimum Gasteiger partial charge on any atom is -0.464 e. The van der Waals surface area contributed by atoms with Gasteiger partial charge in [0.05, 0.1) is 12.3 Å². The lowest BCUT2D eigenvalue weighted by atomic mass is 9.74. The van der Waals surface area contributed by atoms with Crippen molar-refractivity contribution in [2.75, 3.05) is 12.3 Å². The van der Waals surface area contributed by atoms with Gasteiger partial charge >= 0.3 is 5.97 Å². The Bertz CT molecular complexity index is 581. The largest absolute Gasteiger partial charge is 0.464 e. The number of esters is 1. The second-order valence-electron chi connectivity index (χ2n) is 6.28. The fourth-order valence-electron chi connectivity index (χ4n) is 3.68. The average molecular weight is 324 g/mol. The number of nitrogens with one attached hydrogen (secondary N) is 1. The minimum atomic E-state index is -0.625. The van der Waals surface area contributed by atoms with Crippen LogP contribution >= 0.6 is 11.6 Å². The lowest BCUT2D eigenvalue weighted by molar-refractivity contribution is -0.151. The molecule has 5 nitrogen and oxygen atoms in total.